The van der Waals surface area contributed by atoms with Crippen molar-refractivity contribution < 1.29 is 9.90 Å². The summed E-state index contributed by atoms with van der Waals surface area (Å²) in [6.45, 7) is 6.03. The van der Waals surface area contributed by atoms with Gasteiger partial charge in [-0.15, -0.1) is 0 Å². The summed E-state index contributed by atoms with van der Waals surface area (Å²) in [5.41, 5.74) is 0. The lowest BCUT2D eigenvalue weighted by atomic mass is 10.2. The van der Waals surface area contributed by atoms with Crippen LogP contribution in [-0.4, -0.2) is 59.6 Å². The Morgan fingerprint density at radius 3 is 2.62 bits per heavy atom. The molecule has 1 rings (SSSR count). The van der Waals surface area contributed by atoms with Crippen LogP contribution in [0.5, 0.6) is 0 Å². The SMILES string of the molecule is C[C@@H](O)C(=O)N1CCN(C)C[C@@H]1C. The zero-order valence-electron chi connectivity index (χ0n) is 8.53. The smallest absolute Gasteiger partial charge is 0.251 e. The number of piperazine rings is 1. The number of aliphatic hydroxyl groups excluding tert-OH is 1. The predicted octanol–water partition coefficient (Wildman–Crippen LogP) is -0.470. The molecular weight excluding hydrogens is 168 g/mol. The van der Waals surface area contributed by atoms with Gasteiger partial charge in [0.2, 0.25) is 0 Å². The van der Waals surface area contributed by atoms with Gasteiger partial charge in [0.25, 0.3) is 5.91 Å². The van der Waals surface area contributed by atoms with Gasteiger partial charge in [-0.1, -0.05) is 0 Å². The monoisotopic (exact) mass is 186 g/mol. The highest BCUT2D eigenvalue weighted by molar-refractivity contribution is 5.80. The van der Waals surface area contributed by atoms with Crippen molar-refractivity contribution in [1.82, 2.24) is 9.80 Å². The van der Waals surface area contributed by atoms with Gasteiger partial charge in [-0.05, 0) is 20.9 Å². The van der Waals surface area contributed by atoms with Gasteiger partial charge >= 0.3 is 0 Å². The van der Waals surface area contributed by atoms with E-state index >= 15 is 0 Å². The molecule has 1 saturated heterocycles. The molecule has 1 amide bonds. The average molecular weight is 186 g/mol. The van der Waals surface area contributed by atoms with Crippen LogP contribution in [0, 0.1) is 0 Å². The fourth-order valence-electron chi connectivity index (χ4n) is 1.71. The van der Waals surface area contributed by atoms with Gasteiger partial charge in [-0.3, -0.25) is 4.79 Å². The number of hydrogen-bond donors (Lipinski definition) is 1. The van der Waals surface area contributed by atoms with E-state index in [1.807, 2.05) is 14.0 Å². The molecule has 1 aliphatic heterocycles. The molecule has 1 N–H and O–H groups in total. The molecule has 0 aliphatic carbocycles. The first kappa shape index (κ1) is 10.5. The van der Waals surface area contributed by atoms with E-state index in [-0.39, 0.29) is 11.9 Å². The van der Waals surface area contributed by atoms with Gasteiger partial charge in [0.15, 0.2) is 0 Å². The third-order valence-corrected chi connectivity index (χ3v) is 2.47. The summed E-state index contributed by atoms with van der Waals surface area (Å²) in [7, 11) is 2.04. The minimum absolute atomic E-state index is 0.152. The Labute approximate surface area is 79.1 Å². The molecule has 0 bridgehead atoms. The summed E-state index contributed by atoms with van der Waals surface area (Å²) in [6.07, 6.45) is -0.870. The topological polar surface area (TPSA) is 43.8 Å². The summed E-state index contributed by atoms with van der Waals surface area (Å²) in [5.74, 6) is -0.152. The highest BCUT2D eigenvalue weighted by atomic mass is 16.3. The zero-order chi connectivity index (χ0) is 10.0. The maximum atomic E-state index is 11.5. The van der Waals surface area contributed by atoms with E-state index in [9.17, 15) is 4.79 Å². The number of rotatable bonds is 1. The van der Waals surface area contributed by atoms with Crippen LogP contribution in [-0.2, 0) is 4.79 Å². The van der Waals surface area contributed by atoms with Crippen LogP contribution in [0.15, 0.2) is 0 Å². The molecule has 0 spiro atoms. The van der Waals surface area contributed by atoms with E-state index in [0.29, 0.717) is 0 Å². The number of likely N-dealkylation sites (N-methyl/N-ethyl adjacent to an activating group) is 1. The van der Waals surface area contributed by atoms with Crippen molar-refractivity contribution in [3.05, 3.63) is 0 Å². The van der Waals surface area contributed by atoms with E-state index < -0.39 is 6.10 Å². The van der Waals surface area contributed by atoms with E-state index in [0.717, 1.165) is 19.6 Å². The molecule has 4 heteroatoms. The summed E-state index contributed by atoms with van der Waals surface area (Å²) in [4.78, 5) is 15.4. The van der Waals surface area contributed by atoms with Gasteiger partial charge in [-0.2, -0.15) is 0 Å². The summed E-state index contributed by atoms with van der Waals surface area (Å²) in [5, 5.41) is 9.15. The first-order valence-corrected chi connectivity index (χ1v) is 4.69. The van der Waals surface area contributed by atoms with Crippen LogP contribution in [0.1, 0.15) is 13.8 Å². The fourth-order valence-corrected chi connectivity index (χ4v) is 1.71. The molecular formula is C9H18N2O2. The number of hydrogen-bond acceptors (Lipinski definition) is 3. The quantitative estimate of drug-likeness (QED) is 0.602. The fraction of sp³-hybridized carbons (Fsp3) is 0.889. The zero-order valence-corrected chi connectivity index (χ0v) is 8.53. The molecule has 1 heterocycles. The van der Waals surface area contributed by atoms with Crippen molar-refractivity contribution >= 4 is 5.91 Å². The third kappa shape index (κ3) is 2.42. The maximum Gasteiger partial charge on any atom is 0.251 e. The predicted molar refractivity (Wildman–Crippen MR) is 50.4 cm³/mol. The Morgan fingerprint density at radius 2 is 2.15 bits per heavy atom. The van der Waals surface area contributed by atoms with Crippen molar-refractivity contribution in [2.75, 3.05) is 26.7 Å². The molecule has 1 aliphatic rings. The number of carbonyl (C=O) groups excluding carboxylic acids is 1. The van der Waals surface area contributed by atoms with Crippen molar-refractivity contribution in [3.8, 4) is 0 Å². The van der Waals surface area contributed by atoms with Gasteiger partial charge < -0.3 is 14.9 Å². The van der Waals surface area contributed by atoms with Crippen molar-refractivity contribution in [2.45, 2.75) is 26.0 Å². The molecule has 0 saturated carbocycles. The van der Waals surface area contributed by atoms with Gasteiger partial charge in [0.05, 0.1) is 0 Å². The highest BCUT2D eigenvalue weighted by Crippen LogP contribution is 2.09. The third-order valence-electron chi connectivity index (χ3n) is 2.47. The van der Waals surface area contributed by atoms with Crippen LogP contribution in [0.3, 0.4) is 0 Å². The Kier molecular flexibility index (Phi) is 3.27. The first-order valence-electron chi connectivity index (χ1n) is 4.69. The van der Waals surface area contributed by atoms with Gasteiger partial charge in [0, 0.05) is 25.7 Å². The Hall–Kier alpha value is -0.610. The summed E-state index contributed by atoms with van der Waals surface area (Å²) >= 11 is 0. The first-order chi connectivity index (χ1) is 6.02. The summed E-state index contributed by atoms with van der Waals surface area (Å²) in [6, 6.07) is 0.209. The minimum Gasteiger partial charge on any atom is -0.384 e. The molecule has 0 radical (unpaired) electrons. The molecule has 13 heavy (non-hydrogen) atoms. The average Bonchev–Trinajstić information content (AvgIpc) is 2.03. The van der Waals surface area contributed by atoms with E-state index in [2.05, 4.69) is 4.90 Å². The van der Waals surface area contributed by atoms with Crippen molar-refractivity contribution in [3.63, 3.8) is 0 Å². The molecule has 2 atom stereocenters. The largest absolute Gasteiger partial charge is 0.384 e. The van der Waals surface area contributed by atoms with Crippen LogP contribution < -0.4 is 0 Å². The Balaban J connectivity index is 2.56. The molecule has 0 aromatic heterocycles. The molecule has 0 aromatic rings. The summed E-state index contributed by atoms with van der Waals surface area (Å²) < 4.78 is 0. The van der Waals surface area contributed by atoms with Crippen molar-refractivity contribution in [2.24, 2.45) is 0 Å². The standard InChI is InChI=1S/C9H18N2O2/c1-7-6-10(3)4-5-11(7)9(13)8(2)12/h7-8,12H,4-6H2,1-3H3/t7-,8+/m0/s1. The number of amides is 1. The van der Waals surface area contributed by atoms with Crippen LogP contribution in [0.2, 0.25) is 0 Å². The van der Waals surface area contributed by atoms with Gasteiger partial charge in [-0.25, -0.2) is 0 Å². The van der Waals surface area contributed by atoms with Gasteiger partial charge in [0.1, 0.15) is 6.10 Å². The Morgan fingerprint density at radius 1 is 1.54 bits per heavy atom. The van der Waals surface area contributed by atoms with E-state index in [1.54, 1.807) is 4.90 Å². The molecule has 1 fully saturated rings. The second-order valence-electron chi connectivity index (χ2n) is 3.82. The number of carbonyl (C=O) groups is 1. The lowest BCUT2D eigenvalue weighted by Gasteiger charge is -2.38. The van der Waals surface area contributed by atoms with Crippen molar-refractivity contribution in [1.29, 1.82) is 0 Å². The van der Waals surface area contributed by atoms with Crippen LogP contribution in [0.4, 0.5) is 0 Å². The van der Waals surface area contributed by atoms with E-state index in [4.69, 9.17) is 5.11 Å². The molecule has 0 unspecified atom stereocenters. The van der Waals surface area contributed by atoms with E-state index in [1.165, 1.54) is 6.92 Å². The van der Waals surface area contributed by atoms with Crippen LogP contribution >= 0.6 is 0 Å². The second kappa shape index (κ2) is 4.07. The number of aliphatic hydroxyl groups is 1. The lowest BCUT2D eigenvalue weighted by molar-refractivity contribution is -0.143. The molecule has 0 aromatic carbocycles. The maximum absolute atomic E-state index is 11.5. The lowest BCUT2D eigenvalue weighted by Crippen LogP contribution is -2.54. The molecule has 76 valence electrons. The minimum atomic E-state index is -0.870. The number of nitrogens with zero attached hydrogens (tertiary/aromatic N) is 2. The Bertz CT molecular complexity index is 194. The molecule has 4 nitrogen and oxygen atoms in total. The second-order valence-corrected chi connectivity index (χ2v) is 3.82. The van der Waals surface area contributed by atoms with Crippen LogP contribution in [0.25, 0.3) is 0 Å². The highest BCUT2D eigenvalue weighted by Gasteiger charge is 2.27. The normalized spacial score (nSPS) is 27.4.